The minimum Gasteiger partial charge on any atom is -0.480 e. The number of carbonyl (C=O) groups is 1. The van der Waals surface area contributed by atoms with Gasteiger partial charge in [0.25, 0.3) is 0 Å². The van der Waals surface area contributed by atoms with Gasteiger partial charge in [0.1, 0.15) is 10.7 Å². The third-order valence-corrected chi connectivity index (χ3v) is 5.31. The molecule has 1 aromatic carbocycles. The van der Waals surface area contributed by atoms with E-state index in [2.05, 4.69) is 4.98 Å². The van der Waals surface area contributed by atoms with Crippen LogP contribution in [0.5, 0.6) is 5.88 Å². The monoisotopic (exact) mass is 349 g/mol. The molecule has 1 aliphatic rings. The van der Waals surface area contributed by atoms with Gasteiger partial charge in [0.15, 0.2) is 15.6 Å². The number of hydrogen-bond acceptors (Lipinski definition) is 5. The van der Waals surface area contributed by atoms with Gasteiger partial charge in [-0.3, -0.25) is 4.79 Å². The summed E-state index contributed by atoms with van der Waals surface area (Å²) in [5, 5.41) is 0. The van der Waals surface area contributed by atoms with Gasteiger partial charge < -0.3 is 4.74 Å². The van der Waals surface area contributed by atoms with Crippen LogP contribution in [0.2, 0.25) is 0 Å². The standard InChI is InChI=1S/C17H16FNO4S/c1-23-17-15(24(2,21)22)8-10(9-19-17)11-6-7-12-13(16(11)20)4-3-5-14(12)18/h3-5,8-9,11H,6-7H2,1-2H3/t11-/m0/s1. The molecule has 7 heteroatoms. The van der Waals surface area contributed by atoms with Crippen LogP contribution in [0.25, 0.3) is 0 Å². The summed E-state index contributed by atoms with van der Waals surface area (Å²) in [6.07, 6.45) is 3.33. The molecule has 0 spiro atoms. The summed E-state index contributed by atoms with van der Waals surface area (Å²) in [5.41, 5.74) is 1.27. The molecule has 1 aromatic heterocycles. The highest BCUT2D eigenvalue weighted by Crippen LogP contribution is 2.35. The van der Waals surface area contributed by atoms with Gasteiger partial charge in [0.2, 0.25) is 5.88 Å². The van der Waals surface area contributed by atoms with Gasteiger partial charge >= 0.3 is 0 Å². The molecule has 2 aromatic rings. The molecule has 0 bridgehead atoms. The molecule has 0 fully saturated rings. The van der Waals surface area contributed by atoms with Gasteiger partial charge in [0, 0.05) is 23.9 Å². The molecule has 0 radical (unpaired) electrons. The lowest BCUT2D eigenvalue weighted by Gasteiger charge is -2.24. The summed E-state index contributed by atoms with van der Waals surface area (Å²) >= 11 is 0. The van der Waals surface area contributed by atoms with E-state index in [4.69, 9.17) is 4.74 Å². The lowest BCUT2D eigenvalue weighted by atomic mass is 9.79. The van der Waals surface area contributed by atoms with E-state index in [1.165, 1.54) is 31.5 Å². The van der Waals surface area contributed by atoms with Crippen molar-refractivity contribution in [1.82, 2.24) is 4.98 Å². The quantitative estimate of drug-likeness (QED) is 0.851. The molecule has 0 N–H and O–H groups in total. The Morgan fingerprint density at radius 1 is 1.33 bits per heavy atom. The summed E-state index contributed by atoms with van der Waals surface area (Å²) in [5.74, 6) is -1.15. The molecule has 5 nitrogen and oxygen atoms in total. The molecule has 1 aliphatic carbocycles. The number of methoxy groups -OCH3 is 1. The van der Waals surface area contributed by atoms with Crippen molar-refractivity contribution in [2.75, 3.05) is 13.4 Å². The second-order valence-electron chi connectivity index (χ2n) is 5.77. The highest BCUT2D eigenvalue weighted by molar-refractivity contribution is 7.90. The maximum atomic E-state index is 13.8. The third-order valence-electron chi connectivity index (χ3n) is 4.22. The van der Waals surface area contributed by atoms with Crippen LogP contribution in [0, 0.1) is 5.82 Å². The number of pyridine rings is 1. The van der Waals surface area contributed by atoms with Crippen LogP contribution in [0.15, 0.2) is 35.4 Å². The summed E-state index contributed by atoms with van der Waals surface area (Å²) in [7, 11) is -2.22. The largest absolute Gasteiger partial charge is 0.480 e. The van der Waals surface area contributed by atoms with E-state index in [0.717, 1.165) is 6.26 Å². The van der Waals surface area contributed by atoms with Crippen molar-refractivity contribution in [2.45, 2.75) is 23.7 Å². The van der Waals surface area contributed by atoms with Crippen molar-refractivity contribution >= 4 is 15.6 Å². The number of halogens is 1. The van der Waals surface area contributed by atoms with Crippen molar-refractivity contribution in [1.29, 1.82) is 0 Å². The zero-order chi connectivity index (χ0) is 17.5. The van der Waals surface area contributed by atoms with E-state index >= 15 is 0 Å². The van der Waals surface area contributed by atoms with Crippen molar-refractivity contribution in [3.05, 3.63) is 53.0 Å². The molecule has 126 valence electrons. The van der Waals surface area contributed by atoms with Gasteiger partial charge in [-0.05, 0) is 36.1 Å². The van der Waals surface area contributed by atoms with E-state index in [0.29, 0.717) is 29.5 Å². The fourth-order valence-corrected chi connectivity index (χ4v) is 3.83. The van der Waals surface area contributed by atoms with Crippen molar-refractivity contribution in [3.8, 4) is 5.88 Å². The van der Waals surface area contributed by atoms with E-state index < -0.39 is 15.8 Å². The van der Waals surface area contributed by atoms with E-state index in [1.807, 2.05) is 0 Å². The summed E-state index contributed by atoms with van der Waals surface area (Å²) < 4.78 is 42.7. The Kier molecular flexibility index (Phi) is 4.13. The average Bonchev–Trinajstić information content (AvgIpc) is 2.55. The molecule has 0 amide bonds. The first-order valence-corrected chi connectivity index (χ1v) is 9.27. The number of hydrogen-bond donors (Lipinski definition) is 0. The number of nitrogens with zero attached hydrogens (tertiary/aromatic N) is 1. The maximum absolute atomic E-state index is 13.8. The Hall–Kier alpha value is -2.28. The minimum atomic E-state index is -3.55. The second kappa shape index (κ2) is 5.98. The Labute approximate surface area is 139 Å². The van der Waals surface area contributed by atoms with Crippen LogP contribution in [0.1, 0.15) is 33.8 Å². The number of carbonyl (C=O) groups excluding carboxylic acids is 1. The average molecular weight is 349 g/mol. The molecule has 0 aliphatic heterocycles. The third kappa shape index (κ3) is 2.80. The fraction of sp³-hybridized carbons (Fsp3) is 0.294. The zero-order valence-electron chi connectivity index (χ0n) is 13.2. The highest BCUT2D eigenvalue weighted by Gasteiger charge is 2.31. The number of fused-ring (bicyclic) bond motifs is 1. The van der Waals surface area contributed by atoms with Gasteiger partial charge in [-0.15, -0.1) is 0 Å². The summed E-state index contributed by atoms with van der Waals surface area (Å²) in [6.45, 7) is 0. The normalized spacial score (nSPS) is 17.5. The lowest BCUT2D eigenvalue weighted by Crippen LogP contribution is -2.22. The Bertz CT molecular complexity index is 924. The van der Waals surface area contributed by atoms with Gasteiger partial charge in [-0.25, -0.2) is 17.8 Å². The molecule has 3 rings (SSSR count). The van der Waals surface area contributed by atoms with Crippen LogP contribution < -0.4 is 4.74 Å². The summed E-state index contributed by atoms with van der Waals surface area (Å²) in [4.78, 5) is 16.7. The van der Waals surface area contributed by atoms with Crippen LogP contribution in [0.3, 0.4) is 0 Å². The number of Topliss-reactive ketones (excluding diaryl/α,β-unsaturated/α-hetero) is 1. The number of ketones is 1. The van der Waals surface area contributed by atoms with Gasteiger partial charge in [-0.1, -0.05) is 12.1 Å². The highest BCUT2D eigenvalue weighted by atomic mass is 32.2. The number of rotatable bonds is 3. The van der Waals surface area contributed by atoms with Crippen LogP contribution in [-0.4, -0.2) is 32.6 Å². The van der Waals surface area contributed by atoms with Crippen molar-refractivity contribution in [2.24, 2.45) is 0 Å². The second-order valence-corrected chi connectivity index (χ2v) is 7.75. The predicted octanol–water partition coefficient (Wildman–Crippen LogP) is 2.55. The van der Waals surface area contributed by atoms with Crippen molar-refractivity contribution < 1.29 is 22.3 Å². The number of benzene rings is 1. The first-order chi connectivity index (χ1) is 11.3. The Morgan fingerprint density at radius 2 is 2.08 bits per heavy atom. The number of ether oxygens (including phenoxy) is 1. The molecule has 0 saturated carbocycles. The van der Waals surface area contributed by atoms with Gasteiger partial charge in [-0.2, -0.15) is 0 Å². The van der Waals surface area contributed by atoms with Crippen LogP contribution >= 0.6 is 0 Å². The number of sulfone groups is 1. The Balaban J connectivity index is 2.06. The predicted molar refractivity (Wildman–Crippen MR) is 85.7 cm³/mol. The van der Waals surface area contributed by atoms with E-state index in [-0.39, 0.29) is 22.4 Å². The molecule has 0 saturated heterocycles. The van der Waals surface area contributed by atoms with E-state index in [1.54, 1.807) is 6.07 Å². The van der Waals surface area contributed by atoms with Crippen molar-refractivity contribution in [3.63, 3.8) is 0 Å². The lowest BCUT2D eigenvalue weighted by molar-refractivity contribution is 0.0944. The fourth-order valence-electron chi connectivity index (χ4n) is 3.03. The topological polar surface area (TPSA) is 73.3 Å². The summed E-state index contributed by atoms with van der Waals surface area (Å²) in [6, 6.07) is 5.86. The van der Waals surface area contributed by atoms with E-state index in [9.17, 15) is 17.6 Å². The molecule has 0 unspecified atom stereocenters. The molecular formula is C17H16FNO4S. The maximum Gasteiger partial charge on any atom is 0.232 e. The smallest absolute Gasteiger partial charge is 0.232 e. The zero-order valence-corrected chi connectivity index (χ0v) is 14.1. The minimum absolute atomic E-state index is 0.00375. The first-order valence-electron chi connectivity index (χ1n) is 7.38. The molecule has 24 heavy (non-hydrogen) atoms. The Morgan fingerprint density at radius 3 is 2.75 bits per heavy atom. The SMILES string of the molecule is COc1ncc([C@@H]2CCc3c(F)cccc3C2=O)cc1S(C)(=O)=O. The molecule has 1 atom stereocenters. The first kappa shape index (κ1) is 16.6. The van der Waals surface area contributed by atoms with Gasteiger partial charge in [0.05, 0.1) is 7.11 Å². The molecule has 1 heterocycles. The molecular weight excluding hydrogens is 333 g/mol. The van der Waals surface area contributed by atoms with Crippen LogP contribution in [0.4, 0.5) is 4.39 Å². The van der Waals surface area contributed by atoms with Crippen LogP contribution in [-0.2, 0) is 16.3 Å². The number of aromatic nitrogens is 1.